The molecule has 2 N–H and O–H groups in total. The zero-order valence-electron chi connectivity index (χ0n) is 12.6. The van der Waals surface area contributed by atoms with Crippen molar-refractivity contribution in [2.24, 2.45) is 0 Å². The van der Waals surface area contributed by atoms with Crippen LogP contribution in [0.4, 0.5) is 0 Å². The first-order chi connectivity index (χ1) is 11.2. The third-order valence-corrected chi connectivity index (χ3v) is 3.23. The Bertz CT molecular complexity index is 794. The van der Waals surface area contributed by atoms with E-state index < -0.39 is 0 Å². The third kappa shape index (κ3) is 3.76. The molecule has 0 spiro atoms. The Hall–Kier alpha value is -3.09. The molecule has 1 atom stereocenters. The largest absolute Gasteiger partial charge is 0.347 e. The summed E-state index contributed by atoms with van der Waals surface area (Å²) >= 11 is 0. The van der Waals surface area contributed by atoms with E-state index in [0.717, 1.165) is 11.1 Å². The quantitative estimate of drug-likeness (QED) is 0.751. The summed E-state index contributed by atoms with van der Waals surface area (Å²) in [6.45, 7) is 1.94. The summed E-state index contributed by atoms with van der Waals surface area (Å²) in [5.74, 6) is 0.0259. The van der Waals surface area contributed by atoms with Gasteiger partial charge < -0.3 is 10.3 Å². The van der Waals surface area contributed by atoms with Crippen LogP contribution in [0, 0.1) is 0 Å². The van der Waals surface area contributed by atoms with Crippen LogP contribution in [0.5, 0.6) is 0 Å². The van der Waals surface area contributed by atoms with Crippen molar-refractivity contribution in [3.63, 3.8) is 0 Å². The summed E-state index contributed by atoms with van der Waals surface area (Å²) < 4.78 is 0. The van der Waals surface area contributed by atoms with Crippen molar-refractivity contribution >= 4 is 23.1 Å². The number of nitrogens with zero attached hydrogens (tertiary/aromatic N) is 4. The number of hydrogen-bond donors (Lipinski definition) is 2. The maximum Gasteiger partial charge on any atom is 0.287 e. The highest BCUT2D eigenvalue weighted by Crippen LogP contribution is 2.08. The topological polar surface area (TPSA) is 96.5 Å². The molecule has 0 aliphatic carbocycles. The van der Waals surface area contributed by atoms with E-state index in [4.69, 9.17) is 0 Å². The first kappa shape index (κ1) is 14.8. The molecule has 0 aliphatic rings. The van der Waals surface area contributed by atoms with Crippen LogP contribution in [0.15, 0.2) is 43.1 Å². The van der Waals surface area contributed by atoms with Crippen LogP contribution in [-0.4, -0.2) is 36.9 Å². The Kier molecular flexibility index (Phi) is 4.37. The van der Waals surface area contributed by atoms with E-state index in [-0.39, 0.29) is 17.8 Å². The number of amides is 1. The zero-order chi connectivity index (χ0) is 16.1. The molecule has 3 rings (SSSR count). The first-order valence-electron chi connectivity index (χ1n) is 7.25. The molecule has 116 valence electrons. The molecule has 1 amide bonds. The molecule has 0 saturated heterocycles. The van der Waals surface area contributed by atoms with Gasteiger partial charge in [0.05, 0.1) is 5.52 Å². The minimum atomic E-state index is -0.244. The lowest BCUT2D eigenvalue weighted by atomic mass is 10.2. The average molecular weight is 308 g/mol. The SMILES string of the molecule is C[C@@H](C/C=C/c1cncnc1)NC(=O)c1nc2ncccc2[nH]1. The average Bonchev–Trinajstić information content (AvgIpc) is 3.00. The molecule has 0 bridgehead atoms. The van der Waals surface area contributed by atoms with Crippen molar-refractivity contribution in [3.05, 3.63) is 54.5 Å². The summed E-state index contributed by atoms with van der Waals surface area (Å²) in [5.41, 5.74) is 2.21. The Morgan fingerprint density at radius 2 is 2.22 bits per heavy atom. The number of carbonyl (C=O) groups excluding carboxylic acids is 1. The number of hydrogen-bond acceptors (Lipinski definition) is 5. The lowest BCUT2D eigenvalue weighted by Crippen LogP contribution is -2.32. The molecule has 3 aromatic heterocycles. The summed E-state index contributed by atoms with van der Waals surface area (Å²) in [6, 6.07) is 3.60. The van der Waals surface area contributed by atoms with Crippen LogP contribution in [0.1, 0.15) is 29.5 Å². The van der Waals surface area contributed by atoms with Gasteiger partial charge in [0.2, 0.25) is 0 Å². The van der Waals surface area contributed by atoms with Crippen molar-refractivity contribution < 1.29 is 4.79 Å². The second kappa shape index (κ2) is 6.78. The Labute approximate surface area is 132 Å². The number of imidazole rings is 1. The second-order valence-electron chi connectivity index (χ2n) is 5.14. The minimum absolute atomic E-state index is 0.0236. The Balaban J connectivity index is 1.57. The zero-order valence-corrected chi connectivity index (χ0v) is 12.6. The molecule has 0 radical (unpaired) electrons. The number of nitrogens with one attached hydrogen (secondary N) is 2. The highest BCUT2D eigenvalue weighted by molar-refractivity contribution is 5.93. The summed E-state index contributed by atoms with van der Waals surface area (Å²) in [7, 11) is 0. The molecule has 7 heteroatoms. The second-order valence-corrected chi connectivity index (χ2v) is 5.14. The molecule has 23 heavy (non-hydrogen) atoms. The van der Waals surface area contributed by atoms with Crippen LogP contribution >= 0.6 is 0 Å². The van der Waals surface area contributed by atoms with Gasteiger partial charge in [-0.15, -0.1) is 0 Å². The van der Waals surface area contributed by atoms with Gasteiger partial charge in [-0.3, -0.25) is 4.79 Å². The van der Waals surface area contributed by atoms with E-state index in [1.165, 1.54) is 6.33 Å². The van der Waals surface area contributed by atoms with E-state index in [0.29, 0.717) is 12.1 Å². The van der Waals surface area contributed by atoms with E-state index in [1.54, 1.807) is 24.7 Å². The van der Waals surface area contributed by atoms with Crippen molar-refractivity contribution in [3.8, 4) is 0 Å². The van der Waals surface area contributed by atoms with Crippen LogP contribution in [0.2, 0.25) is 0 Å². The number of pyridine rings is 1. The number of carbonyl (C=O) groups is 1. The molecule has 0 aliphatic heterocycles. The van der Waals surface area contributed by atoms with Gasteiger partial charge >= 0.3 is 0 Å². The Morgan fingerprint density at radius 3 is 3.00 bits per heavy atom. The van der Waals surface area contributed by atoms with Gasteiger partial charge in [0.15, 0.2) is 11.5 Å². The number of H-pyrrole nitrogens is 1. The van der Waals surface area contributed by atoms with E-state index in [2.05, 4.69) is 30.2 Å². The van der Waals surface area contributed by atoms with E-state index >= 15 is 0 Å². The van der Waals surface area contributed by atoms with Gasteiger partial charge in [-0.1, -0.05) is 12.2 Å². The molecule has 0 unspecified atom stereocenters. The fourth-order valence-corrected chi connectivity index (χ4v) is 2.11. The van der Waals surface area contributed by atoms with E-state index in [1.807, 2.05) is 25.1 Å². The van der Waals surface area contributed by atoms with Crippen LogP contribution < -0.4 is 5.32 Å². The molecule has 3 heterocycles. The smallest absolute Gasteiger partial charge is 0.287 e. The lowest BCUT2D eigenvalue weighted by Gasteiger charge is -2.10. The minimum Gasteiger partial charge on any atom is -0.347 e. The molecule has 0 fully saturated rings. The molecule has 7 nitrogen and oxygen atoms in total. The van der Waals surface area contributed by atoms with Crippen LogP contribution in [0.3, 0.4) is 0 Å². The fraction of sp³-hybridized carbons (Fsp3) is 0.188. The summed E-state index contributed by atoms with van der Waals surface area (Å²) in [6.07, 6.45) is 11.2. The number of fused-ring (bicyclic) bond motifs is 1. The predicted molar refractivity (Wildman–Crippen MR) is 86.5 cm³/mol. The predicted octanol–water partition coefficient (Wildman–Crippen LogP) is 1.97. The summed E-state index contributed by atoms with van der Waals surface area (Å²) in [5, 5.41) is 2.90. The fourth-order valence-electron chi connectivity index (χ4n) is 2.11. The van der Waals surface area contributed by atoms with E-state index in [9.17, 15) is 4.79 Å². The Morgan fingerprint density at radius 1 is 1.39 bits per heavy atom. The van der Waals surface area contributed by atoms with Crippen molar-refractivity contribution in [1.29, 1.82) is 0 Å². The van der Waals surface area contributed by atoms with Gasteiger partial charge in [0, 0.05) is 30.2 Å². The lowest BCUT2D eigenvalue weighted by molar-refractivity contribution is 0.0931. The van der Waals surface area contributed by atoms with Crippen molar-refractivity contribution in [2.45, 2.75) is 19.4 Å². The van der Waals surface area contributed by atoms with Gasteiger partial charge in [-0.2, -0.15) is 0 Å². The molecular weight excluding hydrogens is 292 g/mol. The third-order valence-electron chi connectivity index (χ3n) is 3.23. The molecule has 0 aromatic carbocycles. The van der Waals surface area contributed by atoms with Crippen molar-refractivity contribution in [1.82, 2.24) is 30.2 Å². The molecule has 0 saturated carbocycles. The first-order valence-corrected chi connectivity index (χ1v) is 7.25. The summed E-state index contributed by atoms with van der Waals surface area (Å²) in [4.78, 5) is 31.3. The standard InChI is InChI=1S/C16H16N6O/c1-11(4-2-5-12-8-17-10-18-9-12)20-16(23)15-21-13-6-3-7-19-14(13)22-15/h2-3,5-11H,4H2,1H3,(H,20,23)(H,19,21,22)/b5-2+/t11-/m0/s1. The monoisotopic (exact) mass is 308 g/mol. The molecule has 3 aromatic rings. The highest BCUT2D eigenvalue weighted by atomic mass is 16.2. The van der Waals surface area contributed by atoms with Gasteiger partial charge in [-0.25, -0.2) is 19.9 Å². The van der Waals surface area contributed by atoms with Gasteiger partial charge in [-0.05, 0) is 25.5 Å². The maximum absolute atomic E-state index is 12.2. The highest BCUT2D eigenvalue weighted by Gasteiger charge is 2.13. The number of aromatic amines is 1. The van der Waals surface area contributed by atoms with Crippen molar-refractivity contribution in [2.75, 3.05) is 0 Å². The van der Waals surface area contributed by atoms with Crippen LogP contribution in [0.25, 0.3) is 17.2 Å². The van der Waals surface area contributed by atoms with Gasteiger partial charge in [0.1, 0.15) is 6.33 Å². The normalized spacial score (nSPS) is 12.6. The maximum atomic E-state index is 12.2. The molecular formula is C16H16N6O. The number of aromatic nitrogens is 5. The van der Waals surface area contributed by atoms with Gasteiger partial charge in [0.25, 0.3) is 5.91 Å². The van der Waals surface area contributed by atoms with Crippen LogP contribution in [-0.2, 0) is 0 Å². The number of rotatable bonds is 5.